The fraction of sp³-hybridized carbons (Fsp3) is 0.471. The molecule has 1 aliphatic carbocycles. The van der Waals surface area contributed by atoms with Crippen molar-refractivity contribution in [2.75, 3.05) is 5.32 Å². The van der Waals surface area contributed by atoms with Gasteiger partial charge in [0.1, 0.15) is 0 Å². The van der Waals surface area contributed by atoms with Crippen LogP contribution < -0.4 is 10.7 Å². The van der Waals surface area contributed by atoms with Gasteiger partial charge in [-0.1, -0.05) is 30.7 Å². The second-order valence-electron chi connectivity index (χ2n) is 5.66. The van der Waals surface area contributed by atoms with Crippen molar-refractivity contribution in [1.82, 2.24) is 5.43 Å². The summed E-state index contributed by atoms with van der Waals surface area (Å²) in [6.07, 6.45) is 4.47. The Kier molecular flexibility index (Phi) is 6.59. The normalized spacial score (nSPS) is 18.9. The Morgan fingerprint density at radius 3 is 2.74 bits per heavy atom. The molecular weight excluding hydrogens is 314 g/mol. The van der Waals surface area contributed by atoms with Gasteiger partial charge in [0.15, 0.2) is 0 Å². The topological polar surface area (TPSA) is 70.6 Å². The number of nitrogens with zero attached hydrogens (tertiary/aromatic N) is 1. The van der Waals surface area contributed by atoms with E-state index >= 15 is 0 Å². The van der Waals surface area contributed by atoms with Crippen LogP contribution in [-0.2, 0) is 9.59 Å². The molecule has 2 rings (SSSR count). The van der Waals surface area contributed by atoms with Gasteiger partial charge in [-0.15, -0.1) is 0 Å². The summed E-state index contributed by atoms with van der Waals surface area (Å²) < 4.78 is 0. The maximum absolute atomic E-state index is 11.8. The van der Waals surface area contributed by atoms with E-state index in [1.165, 1.54) is 0 Å². The van der Waals surface area contributed by atoms with Crippen molar-refractivity contribution in [2.24, 2.45) is 11.0 Å². The molecule has 0 bridgehead atoms. The van der Waals surface area contributed by atoms with E-state index in [1.54, 1.807) is 24.3 Å². The number of anilines is 1. The average Bonchev–Trinajstić information content (AvgIpc) is 3.00. The second-order valence-corrected chi connectivity index (χ2v) is 6.07. The van der Waals surface area contributed by atoms with E-state index in [1.807, 2.05) is 0 Å². The maximum atomic E-state index is 11.8. The number of nitrogens with one attached hydrogen (secondary N) is 2. The van der Waals surface area contributed by atoms with Gasteiger partial charge >= 0.3 is 0 Å². The molecule has 5 nitrogen and oxygen atoms in total. The lowest BCUT2D eigenvalue weighted by molar-refractivity contribution is -0.124. The van der Waals surface area contributed by atoms with Crippen LogP contribution >= 0.6 is 11.6 Å². The number of rotatable bonds is 6. The molecule has 1 fully saturated rings. The van der Waals surface area contributed by atoms with Gasteiger partial charge in [0.05, 0.1) is 10.7 Å². The molecule has 2 N–H and O–H groups in total. The third-order valence-electron chi connectivity index (χ3n) is 4.00. The zero-order valence-corrected chi connectivity index (χ0v) is 14.0. The molecule has 0 unspecified atom stereocenters. The fourth-order valence-corrected chi connectivity index (χ4v) is 2.86. The van der Waals surface area contributed by atoms with Crippen LogP contribution in [0, 0.1) is 5.92 Å². The lowest BCUT2D eigenvalue weighted by Crippen LogP contribution is -2.22. The summed E-state index contributed by atoms with van der Waals surface area (Å²) in [5, 5.41) is 7.38. The predicted molar refractivity (Wildman–Crippen MR) is 92.5 cm³/mol. The zero-order valence-electron chi connectivity index (χ0n) is 13.3. The van der Waals surface area contributed by atoms with Crippen molar-refractivity contribution in [1.29, 1.82) is 0 Å². The Morgan fingerprint density at radius 1 is 1.26 bits per heavy atom. The largest absolute Gasteiger partial charge is 0.325 e. The van der Waals surface area contributed by atoms with Crippen molar-refractivity contribution in [3.8, 4) is 0 Å². The lowest BCUT2D eigenvalue weighted by atomic mass is 10.0. The van der Waals surface area contributed by atoms with Crippen LogP contribution in [0.1, 0.15) is 45.4 Å². The fourth-order valence-electron chi connectivity index (χ4n) is 2.68. The van der Waals surface area contributed by atoms with E-state index in [9.17, 15) is 9.59 Å². The Bertz CT molecular complexity index is 601. The Morgan fingerprint density at radius 2 is 2.00 bits per heavy atom. The molecule has 1 saturated carbocycles. The third-order valence-corrected chi connectivity index (χ3v) is 4.33. The molecule has 2 amide bonds. The highest BCUT2D eigenvalue weighted by atomic mass is 35.5. The number of para-hydroxylation sites is 1. The van der Waals surface area contributed by atoms with Crippen molar-refractivity contribution >= 4 is 34.8 Å². The number of benzene rings is 1. The maximum Gasteiger partial charge on any atom is 0.240 e. The van der Waals surface area contributed by atoms with Gasteiger partial charge in [0.2, 0.25) is 11.8 Å². The minimum absolute atomic E-state index is 0.0963. The minimum atomic E-state index is -0.242. The van der Waals surface area contributed by atoms with Crippen LogP contribution in [0.3, 0.4) is 0 Å². The van der Waals surface area contributed by atoms with Crippen molar-refractivity contribution in [3.63, 3.8) is 0 Å². The summed E-state index contributed by atoms with van der Waals surface area (Å²) in [5.41, 5.74) is 4.19. The quantitative estimate of drug-likeness (QED) is 0.777. The number of carbonyl (C=O) groups excluding carboxylic acids is 2. The van der Waals surface area contributed by atoms with E-state index in [2.05, 4.69) is 22.8 Å². The first kappa shape index (κ1) is 17.5. The van der Waals surface area contributed by atoms with Crippen LogP contribution in [0.2, 0.25) is 5.02 Å². The van der Waals surface area contributed by atoms with E-state index in [4.69, 9.17) is 11.6 Å². The van der Waals surface area contributed by atoms with Crippen molar-refractivity contribution in [2.45, 2.75) is 45.4 Å². The Labute approximate surface area is 141 Å². The van der Waals surface area contributed by atoms with Crippen LogP contribution in [0.15, 0.2) is 29.4 Å². The van der Waals surface area contributed by atoms with Gasteiger partial charge in [-0.2, -0.15) is 5.10 Å². The molecule has 1 aromatic rings. The first-order valence-corrected chi connectivity index (χ1v) is 8.37. The number of hydrogen-bond donors (Lipinski definition) is 2. The molecule has 0 aromatic heterocycles. The summed E-state index contributed by atoms with van der Waals surface area (Å²) in [7, 11) is 0. The monoisotopic (exact) mass is 335 g/mol. The highest BCUT2D eigenvalue weighted by Crippen LogP contribution is 2.25. The molecule has 23 heavy (non-hydrogen) atoms. The minimum Gasteiger partial charge on any atom is -0.325 e. The summed E-state index contributed by atoms with van der Waals surface area (Å²) in [5.74, 6) is 0.000543. The first-order chi connectivity index (χ1) is 11.1. The van der Waals surface area contributed by atoms with E-state index in [0.29, 0.717) is 16.6 Å². The first-order valence-electron chi connectivity index (χ1n) is 7.99. The average molecular weight is 336 g/mol. The number of halogens is 1. The van der Waals surface area contributed by atoms with Crippen LogP contribution in [0.25, 0.3) is 0 Å². The highest BCUT2D eigenvalue weighted by Gasteiger charge is 2.21. The second kappa shape index (κ2) is 8.67. The SMILES string of the molecule is CC[C@@H]1CCC/C1=N/NC(=O)CCC(=O)Nc1ccccc1Cl. The summed E-state index contributed by atoms with van der Waals surface area (Å²) >= 11 is 5.97. The predicted octanol–water partition coefficient (Wildman–Crippen LogP) is 3.74. The van der Waals surface area contributed by atoms with E-state index < -0.39 is 0 Å². The molecule has 0 radical (unpaired) electrons. The van der Waals surface area contributed by atoms with Gasteiger partial charge < -0.3 is 5.32 Å². The molecule has 0 saturated heterocycles. The highest BCUT2D eigenvalue weighted by molar-refractivity contribution is 6.33. The molecule has 1 atom stereocenters. The van der Waals surface area contributed by atoms with Crippen LogP contribution in [0.5, 0.6) is 0 Å². The van der Waals surface area contributed by atoms with Gasteiger partial charge in [-0.3, -0.25) is 9.59 Å². The van der Waals surface area contributed by atoms with Crippen LogP contribution in [-0.4, -0.2) is 17.5 Å². The van der Waals surface area contributed by atoms with Gasteiger partial charge in [-0.25, -0.2) is 5.43 Å². The smallest absolute Gasteiger partial charge is 0.240 e. The van der Waals surface area contributed by atoms with Crippen LogP contribution in [0.4, 0.5) is 5.69 Å². The molecule has 0 spiro atoms. The molecular formula is C17H22ClN3O2. The standard InChI is InChI=1S/C17H22ClN3O2/c1-2-12-6-5-9-14(12)20-21-17(23)11-10-16(22)19-15-8-4-3-7-13(15)18/h3-4,7-8,12H,2,5-6,9-11H2,1H3,(H,19,22)(H,21,23)/b20-14-/t12-/m1/s1. The molecule has 0 aliphatic heterocycles. The Hall–Kier alpha value is -1.88. The third kappa shape index (κ3) is 5.36. The number of amides is 2. The number of carbonyl (C=O) groups is 2. The summed E-state index contributed by atoms with van der Waals surface area (Å²) in [6.45, 7) is 2.13. The summed E-state index contributed by atoms with van der Waals surface area (Å²) in [6, 6.07) is 7.00. The molecule has 1 aliphatic rings. The zero-order chi connectivity index (χ0) is 16.7. The molecule has 1 aromatic carbocycles. The van der Waals surface area contributed by atoms with Gasteiger partial charge in [0.25, 0.3) is 0 Å². The summed E-state index contributed by atoms with van der Waals surface area (Å²) in [4.78, 5) is 23.6. The molecule has 124 valence electrons. The van der Waals surface area contributed by atoms with E-state index in [0.717, 1.165) is 31.4 Å². The lowest BCUT2D eigenvalue weighted by Gasteiger charge is -2.08. The number of hydrazone groups is 1. The van der Waals surface area contributed by atoms with Crippen molar-refractivity contribution < 1.29 is 9.59 Å². The molecule has 0 heterocycles. The number of hydrogen-bond acceptors (Lipinski definition) is 3. The van der Waals surface area contributed by atoms with Crippen molar-refractivity contribution in [3.05, 3.63) is 29.3 Å². The van der Waals surface area contributed by atoms with E-state index in [-0.39, 0.29) is 24.7 Å². The molecule has 6 heteroatoms. The Balaban J connectivity index is 1.75. The van der Waals surface area contributed by atoms with Gasteiger partial charge in [-0.05, 0) is 43.7 Å². The van der Waals surface area contributed by atoms with Gasteiger partial charge in [0, 0.05) is 18.6 Å².